The summed E-state index contributed by atoms with van der Waals surface area (Å²) in [6, 6.07) is 10.6. The van der Waals surface area contributed by atoms with E-state index in [1.165, 1.54) is 5.52 Å². The standard InChI is InChI=1S/C22H28N6O/c1-14(2)28-19-8-6-5-7-18(19)23-22(28)27-12-16-10-26(11-17(16)13-27)21(29)20-9-15(3)24-25(20)4/h5-9,14,16-17H,10-13H2,1-4H3. The van der Waals surface area contributed by atoms with Crippen molar-refractivity contribution in [1.82, 2.24) is 24.2 Å². The first kappa shape index (κ1) is 18.2. The van der Waals surface area contributed by atoms with Crippen molar-refractivity contribution in [2.45, 2.75) is 26.8 Å². The van der Waals surface area contributed by atoms with E-state index >= 15 is 0 Å². The molecular weight excluding hydrogens is 364 g/mol. The van der Waals surface area contributed by atoms with Gasteiger partial charge in [-0.1, -0.05) is 12.1 Å². The van der Waals surface area contributed by atoms with Crippen LogP contribution in [0.2, 0.25) is 0 Å². The highest BCUT2D eigenvalue weighted by Crippen LogP contribution is 2.36. The van der Waals surface area contributed by atoms with Crippen LogP contribution in [0.5, 0.6) is 0 Å². The molecule has 3 aromatic rings. The number of aryl methyl sites for hydroxylation is 2. The van der Waals surface area contributed by atoms with Crippen molar-refractivity contribution < 1.29 is 4.79 Å². The van der Waals surface area contributed by atoms with Gasteiger partial charge in [-0.2, -0.15) is 5.10 Å². The van der Waals surface area contributed by atoms with Gasteiger partial charge in [0.15, 0.2) is 0 Å². The second-order valence-corrected chi connectivity index (χ2v) is 8.79. The van der Waals surface area contributed by atoms with Gasteiger partial charge in [0.2, 0.25) is 5.95 Å². The summed E-state index contributed by atoms with van der Waals surface area (Å²) in [6.07, 6.45) is 0. The largest absolute Gasteiger partial charge is 0.342 e. The molecule has 1 aromatic carbocycles. The quantitative estimate of drug-likeness (QED) is 0.688. The maximum Gasteiger partial charge on any atom is 0.272 e. The Labute approximate surface area is 170 Å². The molecule has 0 spiro atoms. The number of hydrogen-bond acceptors (Lipinski definition) is 4. The number of fused-ring (bicyclic) bond motifs is 2. The van der Waals surface area contributed by atoms with Gasteiger partial charge in [0.1, 0.15) is 5.69 Å². The Hall–Kier alpha value is -2.83. The van der Waals surface area contributed by atoms with Crippen molar-refractivity contribution in [2.75, 3.05) is 31.1 Å². The number of amides is 1. The minimum atomic E-state index is 0.100. The number of carbonyl (C=O) groups excluding carboxylic acids is 1. The summed E-state index contributed by atoms with van der Waals surface area (Å²) in [5.41, 5.74) is 3.81. The van der Waals surface area contributed by atoms with Crippen molar-refractivity contribution in [2.24, 2.45) is 18.9 Å². The fourth-order valence-electron chi connectivity index (χ4n) is 5.06. The minimum Gasteiger partial charge on any atom is -0.342 e. The lowest BCUT2D eigenvalue weighted by atomic mass is 10.0. The van der Waals surface area contributed by atoms with E-state index in [2.05, 4.69) is 46.6 Å². The van der Waals surface area contributed by atoms with Gasteiger partial charge in [-0.15, -0.1) is 0 Å². The number of imidazole rings is 1. The molecule has 2 fully saturated rings. The molecule has 29 heavy (non-hydrogen) atoms. The van der Waals surface area contributed by atoms with Crippen molar-refractivity contribution in [3.05, 3.63) is 41.7 Å². The monoisotopic (exact) mass is 392 g/mol. The molecule has 0 N–H and O–H groups in total. The van der Waals surface area contributed by atoms with Crippen LogP contribution >= 0.6 is 0 Å². The SMILES string of the molecule is Cc1cc(C(=O)N2CC3CN(c4nc5ccccc5n4C(C)C)CC3C2)n(C)n1. The Bertz CT molecular complexity index is 1070. The van der Waals surface area contributed by atoms with E-state index in [1.54, 1.807) is 4.68 Å². The van der Waals surface area contributed by atoms with Crippen LogP contribution in [-0.4, -0.2) is 56.3 Å². The molecule has 2 unspecified atom stereocenters. The van der Waals surface area contributed by atoms with E-state index in [0.717, 1.165) is 43.3 Å². The molecule has 2 aromatic heterocycles. The zero-order chi connectivity index (χ0) is 20.3. The van der Waals surface area contributed by atoms with Gasteiger partial charge in [-0.25, -0.2) is 4.98 Å². The van der Waals surface area contributed by atoms with Crippen LogP contribution in [0.4, 0.5) is 5.95 Å². The lowest BCUT2D eigenvalue weighted by Crippen LogP contribution is -2.35. The highest BCUT2D eigenvalue weighted by atomic mass is 16.2. The Kier molecular flexibility index (Phi) is 4.15. The summed E-state index contributed by atoms with van der Waals surface area (Å²) in [6.45, 7) is 9.88. The smallest absolute Gasteiger partial charge is 0.272 e. The number of benzene rings is 1. The van der Waals surface area contributed by atoms with Gasteiger partial charge in [0, 0.05) is 51.1 Å². The Morgan fingerprint density at radius 2 is 1.79 bits per heavy atom. The van der Waals surface area contributed by atoms with Crippen molar-refractivity contribution in [1.29, 1.82) is 0 Å². The average molecular weight is 393 g/mol. The van der Waals surface area contributed by atoms with Gasteiger partial charge < -0.3 is 14.4 Å². The third-order valence-electron chi connectivity index (χ3n) is 6.37. The van der Waals surface area contributed by atoms with Crippen molar-refractivity contribution in [3.8, 4) is 0 Å². The van der Waals surface area contributed by atoms with E-state index in [9.17, 15) is 4.79 Å². The first-order chi connectivity index (χ1) is 13.9. The zero-order valence-electron chi connectivity index (χ0n) is 17.5. The van der Waals surface area contributed by atoms with Gasteiger partial charge in [-0.05, 0) is 39.0 Å². The number of anilines is 1. The predicted molar refractivity (Wildman–Crippen MR) is 113 cm³/mol. The Morgan fingerprint density at radius 3 is 2.41 bits per heavy atom. The van der Waals surface area contributed by atoms with E-state index in [4.69, 9.17) is 4.98 Å². The number of hydrogen-bond donors (Lipinski definition) is 0. The second kappa shape index (κ2) is 6.61. The molecule has 0 saturated carbocycles. The van der Waals surface area contributed by atoms with E-state index in [1.807, 2.05) is 31.0 Å². The highest BCUT2D eigenvalue weighted by molar-refractivity contribution is 5.93. The fourth-order valence-corrected chi connectivity index (χ4v) is 5.06. The molecule has 0 bridgehead atoms. The number of nitrogens with zero attached hydrogens (tertiary/aromatic N) is 6. The predicted octanol–water partition coefficient (Wildman–Crippen LogP) is 2.87. The number of para-hydroxylation sites is 2. The second-order valence-electron chi connectivity index (χ2n) is 8.79. The van der Waals surface area contributed by atoms with Crippen molar-refractivity contribution >= 4 is 22.9 Å². The Morgan fingerprint density at radius 1 is 1.10 bits per heavy atom. The van der Waals surface area contributed by atoms with Crippen LogP contribution in [0.25, 0.3) is 11.0 Å². The minimum absolute atomic E-state index is 0.100. The first-order valence-corrected chi connectivity index (χ1v) is 10.4. The molecule has 0 radical (unpaired) electrons. The van der Waals surface area contributed by atoms with Gasteiger partial charge in [0.05, 0.1) is 16.7 Å². The van der Waals surface area contributed by atoms with Crippen LogP contribution < -0.4 is 4.90 Å². The lowest BCUT2D eigenvalue weighted by Gasteiger charge is -2.24. The Balaban J connectivity index is 1.36. The molecule has 2 saturated heterocycles. The molecule has 7 heteroatoms. The molecule has 4 heterocycles. The summed E-state index contributed by atoms with van der Waals surface area (Å²) in [5, 5.41) is 4.32. The van der Waals surface area contributed by atoms with Gasteiger partial charge in [-0.3, -0.25) is 9.48 Å². The summed E-state index contributed by atoms with van der Waals surface area (Å²) in [5.74, 6) is 2.15. The summed E-state index contributed by atoms with van der Waals surface area (Å²) in [7, 11) is 1.84. The molecular formula is C22H28N6O. The highest BCUT2D eigenvalue weighted by Gasteiger charge is 2.43. The van der Waals surface area contributed by atoms with Crippen LogP contribution in [0, 0.1) is 18.8 Å². The third-order valence-corrected chi connectivity index (χ3v) is 6.37. The number of carbonyl (C=O) groups is 1. The maximum atomic E-state index is 13.0. The molecule has 1 amide bonds. The molecule has 5 rings (SSSR count). The number of aromatic nitrogens is 4. The molecule has 2 aliphatic heterocycles. The van der Waals surface area contributed by atoms with Gasteiger partial charge in [0.25, 0.3) is 5.91 Å². The summed E-state index contributed by atoms with van der Waals surface area (Å²) < 4.78 is 4.04. The maximum absolute atomic E-state index is 13.0. The number of likely N-dealkylation sites (tertiary alicyclic amines) is 1. The van der Waals surface area contributed by atoms with Crippen molar-refractivity contribution in [3.63, 3.8) is 0 Å². The van der Waals surface area contributed by atoms with Crippen LogP contribution in [0.1, 0.15) is 36.1 Å². The van der Waals surface area contributed by atoms with E-state index in [-0.39, 0.29) is 5.91 Å². The zero-order valence-corrected chi connectivity index (χ0v) is 17.5. The molecule has 7 nitrogen and oxygen atoms in total. The van der Waals surface area contributed by atoms with Crippen LogP contribution in [0.15, 0.2) is 30.3 Å². The fraction of sp³-hybridized carbons (Fsp3) is 0.500. The normalized spacial score (nSPS) is 21.6. The van der Waals surface area contributed by atoms with E-state index in [0.29, 0.717) is 23.6 Å². The molecule has 2 atom stereocenters. The molecule has 152 valence electrons. The lowest BCUT2D eigenvalue weighted by molar-refractivity contribution is 0.0771. The molecule has 0 aliphatic carbocycles. The third kappa shape index (κ3) is 2.91. The summed E-state index contributed by atoms with van der Waals surface area (Å²) in [4.78, 5) is 22.3. The van der Waals surface area contributed by atoms with Gasteiger partial charge >= 0.3 is 0 Å². The topological polar surface area (TPSA) is 59.2 Å². The van der Waals surface area contributed by atoms with E-state index < -0.39 is 0 Å². The summed E-state index contributed by atoms with van der Waals surface area (Å²) >= 11 is 0. The number of rotatable bonds is 3. The van der Waals surface area contributed by atoms with Crippen LogP contribution in [-0.2, 0) is 7.05 Å². The first-order valence-electron chi connectivity index (χ1n) is 10.4. The van der Waals surface area contributed by atoms with Crippen LogP contribution in [0.3, 0.4) is 0 Å². The molecule has 2 aliphatic rings. The average Bonchev–Trinajstić information content (AvgIpc) is 3.40.